The predicted molar refractivity (Wildman–Crippen MR) is 62.0 cm³/mol. The van der Waals surface area contributed by atoms with Gasteiger partial charge in [-0.1, -0.05) is 24.4 Å². The summed E-state index contributed by atoms with van der Waals surface area (Å²) in [5.74, 6) is 0.220. The number of aliphatic hydroxyl groups excluding tert-OH is 1. The van der Waals surface area contributed by atoms with Gasteiger partial charge < -0.3 is 15.9 Å². The van der Waals surface area contributed by atoms with Gasteiger partial charge in [-0.3, -0.25) is 0 Å². The second-order valence-corrected chi connectivity index (χ2v) is 4.78. The van der Waals surface area contributed by atoms with E-state index in [0.29, 0.717) is 23.4 Å². The van der Waals surface area contributed by atoms with Gasteiger partial charge in [0.1, 0.15) is 11.9 Å². The van der Waals surface area contributed by atoms with Gasteiger partial charge in [0.25, 0.3) is 0 Å². The standard InChI is InChI=1S/C11H15ClN2O2/c12-7-5-8(10(13)14-6-7)9(15)11(16)3-1-2-4-11/h5-6,9,15-16H,1-4H2,(H2,13,14). The number of aromatic nitrogens is 1. The first kappa shape index (κ1) is 11.6. The number of pyridine rings is 1. The molecule has 0 saturated heterocycles. The molecule has 0 bridgehead atoms. The van der Waals surface area contributed by atoms with E-state index < -0.39 is 11.7 Å². The van der Waals surface area contributed by atoms with Crippen LogP contribution in [0.1, 0.15) is 37.4 Å². The van der Waals surface area contributed by atoms with Gasteiger partial charge in [0.15, 0.2) is 0 Å². The lowest BCUT2D eigenvalue weighted by atomic mass is 9.90. The predicted octanol–water partition coefficient (Wildman–Crippen LogP) is 1.66. The first-order valence-electron chi connectivity index (χ1n) is 5.34. The zero-order chi connectivity index (χ0) is 11.8. The molecule has 5 heteroatoms. The lowest BCUT2D eigenvalue weighted by Gasteiger charge is -2.29. The highest BCUT2D eigenvalue weighted by molar-refractivity contribution is 6.30. The average Bonchev–Trinajstić information content (AvgIpc) is 2.69. The second kappa shape index (κ2) is 4.20. The molecule has 0 amide bonds. The van der Waals surface area contributed by atoms with Crippen LogP contribution in [-0.2, 0) is 0 Å². The Balaban J connectivity index is 2.32. The number of rotatable bonds is 2. The van der Waals surface area contributed by atoms with Crippen molar-refractivity contribution in [1.29, 1.82) is 0 Å². The number of nitrogens with two attached hydrogens (primary N) is 1. The molecule has 16 heavy (non-hydrogen) atoms. The summed E-state index contributed by atoms with van der Waals surface area (Å²) < 4.78 is 0. The van der Waals surface area contributed by atoms with Gasteiger partial charge in [-0.25, -0.2) is 4.98 Å². The number of anilines is 1. The summed E-state index contributed by atoms with van der Waals surface area (Å²) in [6.07, 6.45) is 3.41. The molecule has 1 atom stereocenters. The molecule has 1 fully saturated rings. The normalized spacial score (nSPS) is 20.9. The molecule has 1 aliphatic rings. The van der Waals surface area contributed by atoms with Crippen molar-refractivity contribution in [2.45, 2.75) is 37.4 Å². The smallest absolute Gasteiger partial charge is 0.129 e. The van der Waals surface area contributed by atoms with E-state index in [0.717, 1.165) is 12.8 Å². The Morgan fingerprint density at radius 2 is 2.06 bits per heavy atom. The number of nitrogens with zero attached hydrogens (tertiary/aromatic N) is 1. The lowest BCUT2D eigenvalue weighted by Crippen LogP contribution is -2.33. The largest absolute Gasteiger partial charge is 0.387 e. The highest BCUT2D eigenvalue weighted by atomic mass is 35.5. The van der Waals surface area contributed by atoms with Crippen LogP contribution in [-0.4, -0.2) is 20.8 Å². The van der Waals surface area contributed by atoms with Crippen LogP contribution in [0.15, 0.2) is 12.3 Å². The van der Waals surface area contributed by atoms with Gasteiger partial charge in [-0.05, 0) is 18.9 Å². The van der Waals surface area contributed by atoms with Crippen LogP contribution in [0.2, 0.25) is 5.02 Å². The SMILES string of the molecule is Nc1ncc(Cl)cc1C(O)C1(O)CCCC1. The summed E-state index contributed by atoms with van der Waals surface area (Å²) in [6.45, 7) is 0. The maximum atomic E-state index is 10.3. The fourth-order valence-corrected chi connectivity index (χ4v) is 2.40. The van der Waals surface area contributed by atoms with Crippen molar-refractivity contribution in [3.63, 3.8) is 0 Å². The Morgan fingerprint density at radius 1 is 1.44 bits per heavy atom. The Bertz CT molecular complexity index is 392. The minimum atomic E-state index is -1.08. The summed E-state index contributed by atoms with van der Waals surface area (Å²) in [6, 6.07) is 1.56. The molecule has 0 radical (unpaired) electrons. The fraction of sp³-hybridized carbons (Fsp3) is 0.545. The molecule has 1 heterocycles. The Kier molecular flexibility index (Phi) is 3.06. The summed E-state index contributed by atoms with van der Waals surface area (Å²) in [4.78, 5) is 3.88. The van der Waals surface area contributed by atoms with Crippen LogP contribution in [0.25, 0.3) is 0 Å². The van der Waals surface area contributed by atoms with Crippen LogP contribution >= 0.6 is 11.6 Å². The topological polar surface area (TPSA) is 79.4 Å². The van der Waals surface area contributed by atoms with E-state index in [2.05, 4.69) is 4.98 Å². The van der Waals surface area contributed by atoms with Crippen LogP contribution in [0.4, 0.5) is 5.82 Å². The van der Waals surface area contributed by atoms with E-state index >= 15 is 0 Å². The van der Waals surface area contributed by atoms with Gasteiger partial charge in [0.2, 0.25) is 0 Å². The van der Waals surface area contributed by atoms with Crippen LogP contribution in [0, 0.1) is 0 Å². The third kappa shape index (κ3) is 2.00. The zero-order valence-electron chi connectivity index (χ0n) is 8.86. The van der Waals surface area contributed by atoms with Crippen LogP contribution in [0.5, 0.6) is 0 Å². The molecule has 0 spiro atoms. The van der Waals surface area contributed by atoms with Gasteiger partial charge >= 0.3 is 0 Å². The second-order valence-electron chi connectivity index (χ2n) is 4.34. The molecule has 1 unspecified atom stereocenters. The summed E-state index contributed by atoms with van der Waals surface area (Å²) in [5, 5.41) is 20.8. The van der Waals surface area contributed by atoms with Crippen molar-refractivity contribution in [3.8, 4) is 0 Å². The van der Waals surface area contributed by atoms with Gasteiger partial charge in [0, 0.05) is 11.8 Å². The summed E-state index contributed by atoms with van der Waals surface area (Å²) in [5.41, 5.74) is 5.01. The Hall–Kier alpha value is -0.840. The van der Waals surface area contributed by atoms with Crippen molar-refractivity contribution < 1.29 is 10.2 Å². The van der Waals surface area contributed by atoms with Crippen LogP contribution < -0.4 is 5.73 Å². The van der Waals surface area contributed by atoms with E-state index in [-0.39, 0.29) is 5.82 Å². The molecular formula is C11H15ClN2O2. The average molecular weight is 243 g/mol. The van der Waals surface area contributed by atoms with E-state index in [1.165, 1.54) is 6.20 Å². The van der Waals surface area contributed by atoms with E-state index in [9.17, 15) is 10.2 Å². The van der Waals surface area contributed by atoms with Crippen molar-refractivity contribution >= 4 is 17.4 Å². The molecule has 0 aromatic carbocycles. The number of aliphatic hydroxyl groups is 2. The van der Waals surface area contributed by atoms with Gasteiger partial charge in [-0.15, -0.1) is 0 Å². The highest BCUT2D eigenvalue weighted by Crippen LogP contribution is 2.41. The van der Waals surface area contributed by atoms with Gasteiger partial charge in [0.05, 0.1) is 10.6 Å². The van der Waals surface area contributed by atoms with Gasteiger partial charge in [-0.2, -0.15) is 0 Å². The molecule has 0 aliphatic heterocycles. The number of nitrogen functional groups attached to an aromatic ring is 1. The first-order valence-corrected chi connectivity index (χ1v) is 5.72. The number of hydrogen-bond donors (Lipinski definition) is 3. The van der Waals surface area contributed by atoms with Crippen molar-refractivity contribution in [2.24, 2.45) is 0 Å². The molecule has 1 saturated carbocycles. The van der Waals surface area contributed by atoms with Crippen molar-refractivity contribution in [1.82, 2.24) is 4.98 Å². The summed E-state index contributed by atoms with van der Waals surface area (Å²) >= 11 is 5.80. The maximum Gasteiger partial charge on any atom is 0.129 e. The van der Waals surface area contributed by atoms with Crippen molar-refractivity contribution in [3.05, 3.63) is 22.8 Å². The lowest BCUT2D eigenvalue weighted by molar-refractivity contribution is -0.0716. The molecule has 88 valence electrons. The molecule has 1 aliphatic carbocycles. The minimum Gasteiger partial charge on any atom is -0.387 e. The Morgan fingerprint density at radius 3 is 2.69 bits per heavy atom. The quantitative estimate of drug-likeness (QED) is 0.737. The molecule has 4 nitrogen and oxygen atoms in total. The third-order valence-electron chi connectivity index (χ3n) is 3.19. The first-order chi connectivity index (χ1) is 7.53. The Labute approximate surface area is 99.1 Å². The highest BCUT2D eigenvalue weighted by Gasteiger charge is 2.40. The van der Waals surface area contributed by atoms with E-state index in [4.69, 9.17) is 17.3 Å². The molecule has 1 aromatic heterocycles. The van der Waals surface area contributed by atoms with Crippen LogP contribution in [0.3, 0.4) is 0 Å². The molecule has 1 aromatic rings. The molecule has 2 rings (SSSR count). The third-order valence-corrected chi connectivity index (χ3v) is 3.40. The van der Waals surface area contributed by atoms with E-state index in [1.807, 2.05) is 0 Å². The fourth-order valence-electron chi connectivity index (χ4n) is 2.23. The minimum absolute atomic E-state index is 0.220. The molecular weight excluding hydrogens is 228 g/mol. The monoisotopic (exact) mass is 242 g/mol. The van der Waals surface area contributed by atoms with Crippen molar-refractivity contribution in [2.75, 3.05) is 5.73 Å². The zero-order valence-corrected chi connectivity index (χ0v) is 9.61. The summed E-state index contributed by atoms with van der Waals surface area (Å²) in [7, 11) is 0. The molecule has 4 N–H and O–H groups in total. The van der Waals surface area contributed by atoms with E-state index in [1.54, 1.807) is 6.07 Å². The number of hydrogen-bond acceptors (Lipinski definition) is 4. The maximum absolute atomic E-state index is 10.3. The number of halogens is 1.